The van der Waals surface area contributed by atoms with Gasteiger partial charge >= 0.3 is 0 Å². The van der Waals surface area contributed by atoms with Crippen molar-refractivity contribution in [3.05, 3.63) is 53.9 Å². The van der Waals surface area contributed by atoms with E-state index in [1.807, 2.05) is 37.1 Å². The van der Waals surface area contributed by atoms with Crippen LogP contribution in [0.3, 0.4) is 0 Å². The predicted molar refractivity (Wildman–Crippen MR) is 85.1 cm³/mol. The van der Waals surface area contributed by atoms with Crippen LogP contribution in [0.4, 0.5) is 0 Å². The quantitative estimate of drug-likeness (QED) is 0.823. The van der Waals surface area contributed by atoms with Crippen molar-refractivity contribution in [1.29, 1.82) is 0 Å². The van der Waals surface area contributed by atoms with E-state index in [1.54, 1.807) is 0 Å². The molecular formula is C17H25N3O. The molecule has 0 spiro atoms. The van der Waals surface area contributed by atoms with E-state index in [0.717, 1.165) is 13.0 Å². The lowest BCUT2D eigenvalue weighted by molar-refractivity contribution is 0.173. The van der Waals surface area contributed by atoms with Gasteiger partial charge in [0.2, 0.25) is 0 Å². The summed E-state index contributed by atoms with van der Waals surface area (Å²) in [7, 11) is 1.93. The minimum atomic E-state index is -0.300. The van der Waals surface area contributed by atoms with Crippen LogP contribution in [0.15, 0.2) is 42.7 Å². The number of nitrogens with one attached hydrogen (secondary N) is 1. The predicted octanol–water partition coefficient (Wildman–Crippen LogP) is 2.63. The maximum absolute atomic E-state index is 9.73. The van der Waals surface area contributed by atoms with Crippen LogP contribution in [0.5, 0.6) is 0 Å². The fourth-order valence-corrected chi connectivity index (χ4v) is 2.57. The molecule has 114 valence electrons. The lowest BCUT2D eigenvalue weighted by atomic mass is 9.93. The lowest BCUT2D eigenvalue weighted by Crippen LogP contribution is -2.26. The van der Waals surface area contributed by atoms with Gasteiger partial charge in [-0.3, -0.25) is 4.68 Å². The average Bonchev–Trinajstić information content (AvgIpc) is 2.90. The standard InChI is InChI=1S/C17H25N3O/c1-13(21)9-16(15-7-5-4-6-8-15)10-18-14(2)17-11-19-20(3)12-17/h4-8,11-14,16,18,21H,9-10H2,1-3H3. The number of hydrogen-bond donors (Lipinski definition) is 2. The topological polar surface area (TPSA) is 50.1 Å². The molecule has 0 fully saturated rings. The molecule has 21 heavy (non-hydrogen) atoms. The van der Waals surface area contributed by atoms with Gasteiger partial charge in [-0.2, -0.15) is 5.10 Å². The summed E-state index contributed by atoms with van der Waals surface area (Å²) in [6.45, 7) is 4.83. The molecule has 0 aliphatic carbocycles. The van der Waals surface area contributed by atoms with Gasteiger partial charge in [0, 0.05) is 31.4 Å². The molecule has 0 radical (unpaired) electrons. The number of rotatable bonds is 7. The largest absolute Gasteiger partial charge is 0.393 e. The third-order valence-electron chi connectivity index (χ3n) is 3.79. The zero-order valence-electron chi connectivity index (χ0n) is 13.0. The van der Waals surface area contributed by atoms with E-state index in [2.05, 4.69) is 41.6 Å². The van der Waals surface area contributed by atoms with Crippen molar-refractivity contribution < 1.29 is 5.11 Å². The van der Waals surface area contributed by atoms with Crippen LogP contribution < -0.4 is 5.32 Å². The molecule has 1 aromatic heterocycles. The number of aromatic nitrogens is 2. The van der Waals surface area contributed by atoms with Crippen LogP contribution in [0.1, 0.15) is 43.4 Å². The number of benzene rings is 1. The van der Waals surface area contributed by atoms with Crippen molar-refractivity contribution in [2.75, 3.05) is 6.54 Å². The smallest absolute Gasteiger partial charge is 0.0537 e. The summed E-state index contributed by atoms with van der Waals surface area (Å²) in [5, 5.41) is 17.5. The highest BCUT2D eigenvalue weighted by molar-refractivity contribution is 5.20. The van der Waals surface area contributed by atoms with Crippen LogP contribution in [-0.4, -0.2) is 27.5 Å². The number of nitrogens with zero attached hydrogens (tertiary/aromatic N) is 2. The molecule has 1 aromatic carbocycles. The summed E-state index contributed by atoms with van der Waals surface area (Å²) in [6, 6.07) is 10.6. The summed E-state index contributed by atoms with van der Waals surface area (Å²) in [5.74, 6) is 0.310. The third kappa shape index (κ3) is 4.69. The summed E-state index contributed by atoms with van der Waals surface area (Å²) in [4.78, 5) is 0. The molecule has 2 N–H and O–H groups in total. The molecule has 2 aromatic rings. The molecule has 4 nitrogen and oxygen atoms in total. The van der Waals surface area contributed by atoms with E-state index in [4.69, 9.17) is 0 Å². The number of aliphatic hydroxyl groups is 1. The van der Waals surface area contributed by atoms with Crippen LogP contribution >= 0.6 is 0 Å². The minimum absolute atomic E-state index is 0.249. The second kappa shape index (κ2) is 7.38. The fourth-order valence-electron chi connectivity index (χ4n) is 2.57. The SMILES string of the molecule is CC(O)CC(CNC(C)c1cnn(C)c1)c1ccccc1. The van der Waals surface area contributed by atoms with Crippen molar-refractivity contribution in [3.8, 4) is 0 Å². The maximum Gasteiger partial charge on any atom is 0.0537 e. The van der Waals surface area contributed by atoms with Gasteiger partial charge in [-0.05, 0) is 31.7 Å². The molecule has 3 atom stereocenters. The van der Waals surface area contributed by atoms with Crippen LogP contribution in [0, 0.1) is 0 Å². The van der Waals surface area contributed by atoms with E-state index in [9.17, 15) is 5.11 Å². The Bertz CT molecular complexity index is 536. The molecule has 0 amide bonds. The van der Waals surface area contributed by atoms with Crippen LogP contribution in [-0.2, 0) is 7.05 Å². The van der Waals surface area contributed by atoms with Gasteiger partial charge in [0.25, 0.3) is 0 Å². The first-order valence-electron chi connectivity index (χ1n) is 7.51. The van der Waals surface area contributed by atoms with Crippen LogP contribution in [0.2, 0.25) is 0 Å². The number of hydrogen-bond acceptors (Lipinski definition) is 3. The maximum atomic E-state index is 9.73. The summed E-state index contributed by atoms with van der Waals surface area (Å²) in [5.41, 5.74) is 2.45. The van der Waals surface area contributed by atoms with Gasteiger partial charge in [-0.1, -0.05) is 30.3 Å². The van der Waals surface area contributed by atoms with Gasteiger partial charge in [0.15, 0.2) is 0 Å². The van der Waals surface area contributed by atoms with Crippen molar-refractivity contribution in [2.45, 2.75) is 38.3 Å². The number of aryl methyl sites for hydroxylation is 1. The second-order valence-electron chi connectivity index (χ2n) is 5.77. The van der Waals surface area contributed by atoms with E-state index in [1.165, 1.54) is 11.1 Å². The van der Waals surface area contributed by atoms with E-state index < -0.39 is 0 Å². The Morgan fingerprint density at radius 3 is 2.48 bits per heavy atom. The zero-order chi connectivity index (χ0) is 15.2. The molecule has 0 saturated carbocycles. The van der Waals surface area contributed by atoms with Crippen molar-refractivity contribution in [3.63, 3.8) is 0 Å². The third-order valence-corrected chi connectivity index (χ3v) is 3.79. The van der Waals surface area contributed by atoms with Gasteiger partial charge in [0.1, 0.15) is 0 Å². The summed E-state index contributed by atoms with van der Waals surface area (Å²) < 4.78 is 1.82. The van der Waals surface area contributed by atoms with Gasteiger partial charge in [0.05, 0.1) is 12.3 Å². The molecule has 2 rings (SSSR count). The average molecular weight is 287 g/mol. The molecule has 3 unspecified atom stereocenters. The monoisotopic (exact) mass is 287 g/mol. The molecule has 4 heteroatoms. The Hall–Kier alpha value is -1.65. The second-order valence-corrected chi connectivity index (χ2v) is 5.77. The lowest BCUT2D eigenvalue weighted by Gasteiger charge is -2.22. The summed E-state index contributed by atoms with van der Waals surface area (Å²) >= 11 is 0. The van der Waals surface area contributed by atoms with Gasteiger partial charge < -0.3 is 10.4 Å². The molecule has 0 saturated heterocycles. The van der Waals surface area contributed by atoms with Gasteiger partial charge in [-0.15, -0.1) is 0 Å². The van der Waals surface area contributed by atoms with Crippen molar-refractivity contribution >= 4 is 0 Å². The Morgan fingerprint density at radius 2 is 1.90 bits per heavy atom. The summed E-state index contributed by atoms with van der Waals surface area (Å²) in [6.07, 6.45) is 4.38. The van der Waals surface area contributed by atoms with Crippen LogP contribution in [0.25, 0.3) is 0 Å². The van der Waals surface area contributed by atoms with E-state index in [-0.39, 0.29) is 12.1 Å². The Morgan fingerprint density at radius 1 is 1.19 bits per heavy atom. The highest BCUT2D eigenvalue weighted by Crippen LogP contribution is 2.22. The molecule has 0 bridgehead atoms. The molecule has 0 aliphatic rings. The normalized spacial score (nSPS) is 15.6. The number of aliphatic hydroxyl groups excluding tert-OH is 1. The highest BCUT2D eigenvalue weighted by Gasteiger charge is 2.16. The van der Waals surface area contributed by atoms with E-state index in [0.29, 0.717) is 5.92 Å². The van der Waals surface area contributed by atoms with Crippen molar-refractivity contribution in [2.24, 2.45) is 7.05 Å². The van der Waals surface area contributed by atoms with Gasteiger partial charge in [-0.25, -0.2) is 0 Å². The molecule has 0 aliphatic heterocycles. The first-order valence-corrected chi connectivity index (χ1v) is 7.51. The molecule has 1 heterocycles. The Labute approximate surface area is 126 Å². The Kier molecular flexibility index (Phi) is 5.53. The fraction of sp³-hybridized carbons (Fsp3) is 0.471. The first kappa shape index (κ1) is 15.7. The van der Waals surface area contributed by atoms with Crippen molar-refractivity contribution in [1.82, 2.24) is 15.1 Å². The molecular weight excluding hydrogens is 262 g/mol. The highest BCUT2D eigenvalue weighted by atomic mass is 16.3. The Balaban J connectivity index is 1.99. The zero-order valence-corrected chi connectivity index (χ0v) is 13.0. The minimum Gasteiger partial charge on any atom is -0.393 e. The first-order chi connectivity index (χ1) is 10.1. The van der Waals surface area contributed by atoms with E-state index >= 15 is 0 Å².